The third-order valence-electron chi connectivity index (χ3n) is 3.61. The molecule has 1 unspecified atom stereocenters. The summed E-state index contributed by atoms with van der Waals surface area (Å²) in [5.74, 6) is 0.678. The lowest BCUT2D eigenvalue weighted by Crippen LogP contribution is -2.14. The molecule has 0 aliphatic carbocycles. The Hall–Kier alpha value is -1.16. The van der Waals surface area contributed by atoms with E-state index in [1.54, 1.807) is 6.92 Å². The third kappa shape index (κ3) is 2.48. The van der Waals surface area contributed by atoms with Gasteiger partial charge < -0.3 is 4.74 Å². The third-order valence-corrected chi connectivity index (χ3v) is 3.61. The highest BCUT2D eigenvalue weighted by atomic mass is 16.5. The van der Waals surface area contributed by atoms with E-state index in [2.05, 4.69) is 18.9 Å². The topological polar surface area (TPSA) is 44.1 Å². The maximum atomic E-state index is 11.8. The van der Waals surface area contributed by atoms with E-state index >= 15 is 0 Å². The van der Waals surface area contributed by atoms with Crippen molar-refractivity contribution in [1.82, 2.24) is 9.78 Å². The minimum atomic E-state index is 0.137. The molecule has 1 aliphatic heterocycles. The van der Waals surface area contributed by atoms with Gasteiger partial charge in [-0.1, -0.05) is 13.8 Å². The molecule has 1 aromatic rings. The van der Waals surface area contributed by atoms with Crippen molar-refractivity contribution in [3.05, 3.63) is 17.0 Å². The first kappa shape index (κ1) is 13.3. The Balaban J connectivity index is 2.31. The second-order valence-corrected chi connectivity index (χ2v) is 4.94. The summed E-state index contributed by atoms with van der Waals surface area (Å²) in [7, 11) is 0. The first-order valence-electron chi connectivity index (χ1n) is 6.84. The second-order valence-electron chi connectivity index (χ2n) is 4.94. The number of carbonyl (C=O) groups is 1. The molecule has 1 aromatic heterocycles. The van der Waals surface area contributed by atoms with Crippen LogP contribution in [0.25, 0.3) is 0 Å². The molecule has 0 spiro atoms. The molecule has 1 fully saturated rings. The van der Waals surface area contributed by atoms with Gasteiger partial charge in [0.1, 0.15) is 0 Å². The van der Waals surface area contributed by atoms with Crippen LogP contribution < -0.4 is 0 Å². The first-order chi connectivity index (χ1) is 8.67. The predicted molar refractivity (Wildman–Crippen MR) is 69.9 cm³/mol. The average molecular weight is 250 g/mol. The van der Waals surface area contributed by atoms with E-state index < -0.39 is 0 Å². The number of Topliss-reactive ketones (excluding diaryl/α,β-unsaturated/α-hetero) is 1. The van der Waals surface area contributed by atoms with Crippen molar-refractivity contribution in [1.29, 1.82) is 0 Å². The summed E-state index contributed by atoms with van der Waals surface area (Å²) < 4.78 is 7.44. The van der Waals surface area contributed by atoms with Crippen LogP contribution >= 0.6 is 0 Å². The van der Waals surface area contributed by atoms with Crippen LogP contribution in [-0.4, -0.2) is 28.8 Å². The largest absolute Gasteiger partial charge is 0.381 e. The van der Waals surface area contributed by atoms with Crippen LogP contribution in [0.5, 0.6) is 0 Å². The van der Waals surface area contributed by atoms with E-state index in [1.165, 1.54) is 0 Å². The molecule has 0 radical (unpaired) electrons. The molecule has 4 heteroatoms. The minimum Gasteiger partial charge on any atom is -0.381 e. The van der Waals surface area contributed by atoms with Gasteiger partial charge in [-0.25, -0.2) is 0 Å². The standard InChI is InChI=1S/C14H22N2O2/c1-4-12-14(10(3)17)13(5-2)16(15-12)8-11-6-7-18-9-11/h11H,4-9H2,1-3H3. The Labute approximate surface area is 108 Å². The van der Waals surface area contributed by atoms with Crippen molar-refractivity contribution in [3.63, 3.8) is 0 Å². The second kappa shape index (κ2) is 5.65. The number of hydrogen-bond acceptors (Lipinski definition) is 3. The van der Waals surface area contributed by atoms with Crippen molar-refractivity contribution in [3.8, 4) is 0 Å². The Morgan fingerprint density at radius 2 is 2.22 bits per heavy atom. The number of hydrogen-bond donors (Lipinski definition) is 0. The summed E-state index contributed by atoms with van der Waals surface area (Å²) in [6, 6.07) is 0. The molecule has 100 valence electrons. The van der Waals surface area contributed by atoms with Crippen LogP contribution in [0.1, 0.15) is 48.9 Å². The molecule has 0 N–H and O–H groups in total. The summed E-state index contributed by atoms with van der Waals surface area (Å²) in [4.78, 5) is 11.8. The monoisotopic (exact) mass is 250 g/mol. The molecule has 18 heavy (non-hydrogen) atoms. The van der Waals surface area contributed by atoms with Crippen LogP contribution in [0, 0.1) is 5.92 Å². The molecule has 0 amide bonds. The fourth-order valence-corrected chi connectivity index (χ4v) is 2.69. The summed E-state index contributed by atoms with van der Waals surface area (Å²) in [5.41, 5.74) is 2.88. The maximum Gasteiger partial charge on any atom is 0.163 e. The Morgan fingerprint density at radius 1 is 1.44 bits per heavy atom. The quantitative estimate of drug-likeness (QED) is 0.753. The van der Waals surface area contributed by atoms with Gasteiger partial charge in [0.2, 0.25) is 0 Å². The van der Waals surface area contributed by atoms with Crippen LogP contribution in [-0.2, 0) is 24.1 Å². The van der Waals surface area contributed by atoms with Gasteiger partial charge in [-0.3, -0.25) is 9.48 Å². The van der Waals surface area contributed by atoms with Gasteiger partial charge in [0.05, 0.1) is 17.9 Å². The van der Waals surface area contributed by atoms with Crippen LogP contribution in [0.2, 0.25) is 0 Å². The molecule has 0 aromatic carbocycles. The van der Waals surface area contributed by atoms with Crippen LogP contribution in [0.15, 0.2) is 0 Å². The number of nitrogens with zero attached hydrogens (tertiary/aromatic N) is 2. The fourth-order valence-electron chi connectivity index (χ4n) is 2.69. The summed E-state index contributed by atoms with van der Waals surface area (Å²) in [6.07, 6.45) is 2.77. The van der Waals surface area contributed by atoms with Gasteiger partial charge in [0.25, 0.3) is 0 Å². The van der Waals surface area contributed by atoms with Crippen LogP contribution in [0.3, 0.4) is 0 Å². The lowest BCUT2D eigenvalue weighted by atomic mass is 10.1. The van der Waals surface area contributed by atoms with E-state index in [1.807, 2.05) is 4.68 Å². The van der Waals surface area contributed by atoms with E-state index in [4.69, 9.17) is 4.74 Å². The SMILES string of the molecule is CCc1nn(CC2CCOC2)c(CC)c1C(C)=O. The fraction of sp³-hybridized carbons (Fsp3) is 0.714. The van der Waals surface area contributed by atoms with Crippen molar-refractivity contribution < 1.29 is 9.53 Å². The number of aryl methyl sites for hydroxylation is 1. The lowest BCUT2D eigenvalue weighted by Gasteiger charge is -2.11. The maximum absolute atomic E-state index is 11.8. The zero-order valence-electron chi connectivity index (χ0n) is 11.5. The number of aromatic nitrogens is 2. The van der Waals surface area contributed by atoms with Gasteiger partial charge in [-0.05, 0) is 26.2 Å². The highest BCUT2D eigenvalue weighted by Crippen LogP contribution is 2.21. The molecular formula is C14H22N2O2. The van der Waals surface area contributed by atoms with Crippen molar-refractivity contribution in [2.75, 3.05) is 13.2 Å². The van der Waals surface area contributed by atoms with Crippen molar-refractivity contribution in [2.24, 2.45) is 5.92 Å². The van der Waals surface area contributed by atoms with Gasteiger partial charge in [0.15, 0.2) is 5.78 Å². The van der Waals surface area contributed by atoms with E-state index in [-0.39, 0.29) is 5.78 Å². The smallest absolute Gasteiger partial charge is 0.163 e. The zero-order chi connectivity index (χ0) is 13.1. The van der Waals surface area contributed by atoms with Crippen molar-refractivity contribution >= 4 is 5.78 Å². The van der Waals surface area contributed by atoms with Crippen molar-refractivity contribution in [2.45, 2.75) is 46.6 Å². The molecule has 1 saturated heterocycles. The Kier molecular flexibility index (Phi) is 4.17. The van der Waals surface area contributed by atoms with Gasteiger partial charge in [0, 0.05) is 24.8 Å². The minimum absolute atomic E-state index is 0.137. The molecule has 2 heterocycles. The number of carbonyl (C=O) groups excluding carboxylic acids is 1. The van der Waals surface area contributed by atoms with Gasteiger partial charge in [-0.2, -0.15) is 5.10 Å². The molecule has 1 atom stereocenters. The van der Waals surface area contributed by atoms with Gasteiger partial charge >= 0.3 is 0 Å². The highest BCUT2D eigenvalue weighted by molar-refractivity contribution is 5.96. The van der Waals surface area contributed by atoms with E-state index in [0.717, 1.165) is 56.0 Å². The summed E-state index contributed by atoms with van der Waals surface area (Å²) in [6.45, 7) is 8.33. The molecule has 0 bridgehead atoms. The van der Waals surface area contributed by atoms with E-state index in [0.29, 0.717) is 5.92 Å². The van der Waals surface area contributed by atoms with Gasteiger partial charge in [-0.15, -0.1) is 0 Å². The number of ketones is 1. The first-order valence-corrected chi connectivity index (χ1v) is 6.84. The Morgan fingerprint density at radius 3 is 2.72 bits per heavy atom. The summed E-state index contributed by atoms with van der Waals surface area (Å²) in [5, 5.41) is 4.62. The lowest BCUT2D eigenvalue weighted by molar-refractivity contribution is 0.101. The molecule has 1 aliphatic rings. The van der Waals surface area contributed by atoms with Crippen LogP contribution in [0.4, 0.5) is 0 Å². The molecule has 4 nitrogen and oxygen atoms in total. The molecule has 0 saturated carbocycles. The predicted octanol–water partition coefficient (Wildman–Crippen LogP) is 2.25. The number of ether oxygens (including phenoxy) is 1. The average Bonchev–Trinajstić information content (AvgIpc) is 2.96. The highest BCUT2D eigenvalue weighted by Gasteiger charge is 2.22. The normalized spacial score (nSPS) is 19.4. The Bertz CT molecular complexity index is 431. The number of rotatable bonds is 5. The molecule has 2 rings (SSSR count). The summed E-state index contributed by atoms with van der Waals surface area (Å²) >= 11 is 0. The van der Waals surface area contributed by atoms with E-state index in [9.17, 15) is 4.79 Å². The zero-order valence-corrected chi connectivity index (χ0v) is 11.5. The molecular weight excluding hydrogens is 228 g/mol.